The first-order valence-corrected chi connectivity index (χ1v) is 1.85. The first-order valence-electron chi connectivity index (χ1n) is 0.840. The molecule has 0 aromatic heterocycles. The maximum atomic E-state index is 9.73. The van der Waals surface area contributed by atoms with Crippen LogP contribution >= 0.6 is 8.85 Å². The van der Waals surface area contributed by atoms with Crippen LogP contribution in [0.1, 0.15) is 0 Å². The largest absolute Gasteiger partial charge is 0.456 e. The summed E-state index contributed by atoms with van der Waals surface area (Å²) in [6.45, 7) is 0. The van der Waals surface area contributed by atoms with Crippen LogP contribution in [0.3, 0.4) is 0 Å². The van der Waals surface area contributed by atoms with E-state index < -0.39 is 8.85 Å². The van der Waals surface area contributed by atoms with Gasteiger partial charge in [0.1, 0.15) is 0 Å². The van der Waals surface area contributed by atoms with Crippen LogP contribution in [0.15, 0.2) is 0 Å². The minimum absolute atomic E-state index is 4.00. The lowest BCUT2D eigenvalue weighted by Gasteiger charge is -1.61. The molecule has 0 aromatic carbocycles. The molecule has 0 bridgehead atoms. The smallest absolute Gasteiger partial charge is 0.274 e. The Bertz CT molecular complexity index is 13.5. The standard InChI is InChI=1S/F3P.H4N2/c1-4(2)3;1-2/h;1-2H2. The quantitative estimate of drug-likeness (QED) is 0.284. The highest BCUT2D eigenvalue weighted by Crippen LogP contribution is 2.39. The first kappa shape index (κ1) is 9.46. The van der Waals surface area contributed by atoms with E-state index in [9.17, 15) is 12.6 Å². The monoisotopic (exact) mass is 120 g/mol. The Morgan fingerprint density at radius 2 is 1.00 bits per heavy atom. The van der Waals surface area contributed by atoms with Gasteiger partial charge in [-0.25, -0.2) is 0 Å². The number of halogens is 3. The summed E-state index contributed by atoms with van der Waals surface area (Å²) in [4.78, 5) is 0. The van der Waals surface area contributed by atoms with Crippen molar-refractivity contribution in [2.24, 2.45) is 11.7 Å². The van der Waals surface area contributed by atoms with Crippen molar-refractivity contribution in [2.75, 3.05) is 0 Å². The normalized spacial score (nSPS) is 7.00. The molecule has 0 atom stereocenters. The molecule has 0 aliphatic heterocycles. The summed E-state index contributed by atoms with van der Waals surface area (Å²) < 4.78 is 29.2. The van der Waals surface area contributed by atoms with E-state index >= 15 is 0 Å². The van der Waals surface area contributed by atoms with Crippen molar-refractivity contribution in [2.45, 2.75) is 0 Å². The van der Waals surface area contributed by atoms with Crippen LogP contribution in [0.25, 0.3) is 0 Å². The predicted octanol–water partition coefficient (Wildman–Crippen LogP) is 0.941. The molecule has 6 heteroatoms. The molecular weight excluding hydrogens is 116 g/mol. The Morgan fingerprint density at radius 3 is 1.00 bits per heavy atom. The molecule has 0 aliphatic rings. The zero-order valence-corrected chi connectivity index (χ0v) is 3.63. The fraction of sp³-hybridized carbons (Fsp3) is 0. The van der Waals surface area contributed by atoms with Gasteiger partial charge in [-0.15, -0.1) is 0 Å². The van der Waals surface area contributed by atoms with Crippen molar-refractivity contribution in [3.63, 3.8) is 0 Å². The van der Waals surface area contributed by atoms with E-state index in [1.165, 1.54) is 0 Å². The summed E-state index contributed by atoms with van der Waals surface area (Å²) in [6.07, 6.45) is 0. The van der Waals surface area contributed by atoms with Crippen molar-refractivity contribution < 1.29 is 12.6 Å². The van der Waals surface area contributed by atoms with Gasteiger partial charge in [-0.1, -0.05) is 0 Å². The van der Waals surface area contributed by atoms with Gasteiger partial charge < -0.3 is 0 Å². The SMILES string of the molecule is FP(F)F.NN. The van der Waals surface area contributed by atoms with Crippen LogP contribution in [-0.4, -0.2) is 0 Å². The zero-order chi connectivity index (χ0) is 5.58. The molecular formula is H4F3N2P. The fourth-order valence-corrected chi connectivity index (χ4v) is 0. The second-order valence-electron chi connectivity index (χ2n) is 0.192. The fourth-order valence-electron chi connectivity index (χ4n) is 0. The van der Waals surface area contributed by atoms with Gasteiger partial charge in [0.15, 0.2) is 0 Å². The minimum atomic E-state index is -4.12. The van der Waals surface area contributed by atoms with Gasteiger partial charge >= 0.3 is 8.85 Å². The van der Waals surface area contributed by atoms with E-state index in [1.54, 1.807) is 0 Å². The molecule has 0 rings (SSSR count). The van der Waals surface area contributed by atoms with Gasteiger partial charge in [-0.3, -0.25) is 11.7 Å². The van der Waals surface area contributed by atoms with Gasteiger partial charge in [0.2, 0.25) is 0 Å². The predicted molar refractivity (Wildman–Crippen MR) is 18.6 cm³/mol. The van der Waals surface area contributed by atoms with E-state index in [0.717, 1.165) is 0 Å². The van der Waals surface area contributed by atoms with E-state index in [4.69, 9.17) is 0 Å². The second-order valence-corrected chi connectivity index (χ2v) is 0.575. The molecule has 6 heavy (non-hydrogen) atoms. The average molecular weight is 120 g/mol. The Kier molecular flexibility index (Phi) is 14.1. The van der Waals surface area contributed by atoms with Crippen molar-refractivity contribution in [1.82, 2.24) is 0 Å². The second kappa shape index (κ2) is 8.94. The summed E-state index contributed by atoms with van der Waals surface area (Å²) >= 11 is 0. The minimum Gasteiger partial charge on any atom is -0.274 e. The number of rotatable bonds is 0. The topological polar surface area (TPSA) is 52.0 Å². The molecule has 0 aliphatic carbocycles. The molecule has 0 heterocycles. The highest BCUT2D eigenvalue weighted by molar-refractivity contribution is 7.40. The zero-order valence-electron chi connectivity index (χ0n) is 2.74. The van der Waals surface area contributed by atoms with E-state index in [1.807, 2.05) is 0 Å². The average Bonchev–Trinajstić information content (AvgIpc) is 1.41. The van der Waals surface area contributed by atoms with E-state index in [0.29, 0.717) is 0 Å². The molecule has 0 radical (unpaired) electrons. The van der Waals surface area contributed by atoms with E-state index in [2.05, 4.69) is 11.7 Å². The maximum absolute atomic E-state index is 9.73. The molecule has 0 saturated heterocycles. The van der Waals surface area contributed by atoms with Crippen LogP contribution in [0, 0.1) is 0 Å². The Balaban J connectivity index is 0. The molecule has 4 N–H and O–H groups in total. The number of nitrogens with two attached hydrogens (primary N) is 2. The highest BCUT2D eigenvalue weighted by atomic mass is 31.2. The van der Waals surface area contributed by atoms with Crippen molar-refractivity contribution >= 4 is 8.85 Å². The Labute approximate surface area is 34.4 Å². The van der Waals surface area contributed by atoms with Gasteiger partial charge in [0.05, 0.1) is 0 Å². The van der Waals surface area contributed by atoms with Crippen LogP contribution in [0.2, 0.25) is 0 Å². The maximum Gasteiger partial charge on any atom is 0.456 e. The Hall–Kier alpha value is 0.140. The van der Waals surface area contributed by atoms with Crippen molar-refractivity contribution in [3.8, 4) is 0 Å². The molecule has 0 spiro atoms. The van der Waals surface area contributed by atoms with Crippen LogP contribution in [0.4, 0.5) is 12.6 Å². The number of hydrazine groups is 1. The summed E-state index contributed by atoms with van der Waals surface area (Å²) in [5.74, 6) is 8.00. The van der Waals surface area contributed by atoms with Gasteiger partial charge in [0, 0.05) is 0 Å². The molecule has 40 valence electrons. The van der Waals surface area contributed by atoms with Gasteiger partial charge in [0.25, 0.3) is 0 Å². The lowest BCUT2D eigenvalue weighted by molar-refractivity contribution is 0.633. The van der Waals surface area contributed by atoms with Crippen molar-refractivity contribution in [1.29, 1.82) is 0 Å². The molecule has 0 saturated carbocycles. The van der Waals surface area contributed by atoms with E-state index in [-0.39, 0.29) is 0 Å². The van der Waals surface area contributed by atoms with Crippen LogP contribution in [-0.2, 0) is 0 Å². The lowest BCUT2D eigenvalue weighted by Crippen LogP contribution is -2.02. The highest BCUT2D eigenvalue weighted by Gasteiger charge is 1.91. The summed E-state index contributed by atoms with van der Waals surface area (Å²) in [5.41, 5.74) is 0. The molecule has 2 nitrogen and oxygen atoms in total. The third-order valence-electron chi connectivity index (χ3n) is 0. The third kappa shape index (κ3) is 2080. The lowest BCUT2D eigenvalue weighted by atomic mass is 13.0. The summed E-state index contributed by atoms with van der Waals surface area (Å²) in [5, 5.41) is 0. The molecule has 0 fully saturated rings. The Morgan fingerprint density at radius 1 is 1.00 bits per heavy atom. The third-order valence-corrected chi connectivity index (χ3v) is 0. The number of hydrogen-bond acceptors (Lipinski definition) is 2. The van der Waals surface area contributed by atoms with Gasteiger partial charge in [-0.05, 0) is 0 Å². The van der Waals surface area contributed by atoms with Crippen molar-refractivity contribution in [3.05, 3.63) is 0 Å². The van der Waals surface area contributed by atoms with Crippen LogP contribution < -0.4 is 11.7 Å². The summed E-state index contributed by atoms with van der Waals surface area (Å²) in [6, 6.07) is 0. The molecule has 0 unspecified atom stereocenters. The first-order chi connectivity index (χ1) is 2.73. The number of hydrogen-bond donors (Lipinski definition) is 2. The van der Waals surface area contributed by atoms with Crippen LogP contribution in [0.5, 0.6) is 0 Å². The molecule has 0 amide bonds. The van der Waals surface area contributed by atoms with Gasteiger partial charge in [-0.2, -0.15) is 12.6 Å². The summed E-state index contributed by atoms with van der Waals surface area (Å²) in [7, 11) is -4.12. The molecule has 0 aromatic rings.